The van der Waals surface area contributed by atoms with Gasteiger partial charge in [0.1, 0.15) is 24.0 Å². The van der Waals surface area contributed by atoms with Gasteiger partial charge in [-0.25, -0.2) is 15.0 Å². The van der Waals surface area contributed by atoms with E-state index in [0.717, 1.165) is 31.3 Å². The van der Waals surface area contributed by atoms with Gasteiger partial charge in [-0.05, 0) is 37.3 Å². The average Bonchev–Trinajstić information content (AvgIpc) is 3.16. The lowest BCUT2D eigenvalue weighted by molar-refractivity contribution is 0.113. The summed E-state index contributed by atoms with van der Waals surface area (Å²) >= 11 is 11.1. The summed E-state index contributed by atoms with van der Waals surface area (Å²) in [7, 11) is 0. The Morgan fingerprint density at radius 2 is 2.07 bits per heavy atom. The first-order valence-corrected chi connectivity index (χ1v) is 11.2. The molecule has 29 heavy (non-hydrogen) atoms. The molecule has 2 aromatic heterocycles. The molecule has 0 saturated carbocycles. The maximum absolute atomic E-state index is 9.55. The lowest BCUT2D eigenvalue weighted by Gasteiger charge is -2.23. The highest BCUT2D eigenvalue weighted by atomic mass is 79.9. The monoisotopic (exact) mass is 492 g/mol. The fourth-order valence-electron chi connectivity index (χ4n) is 3.00. The molecule has 9 heteroatoms. The largest absolute Gasteiger partial charge is 0.489 e. The Morgan fingerprint density at radius 1 is 1.21 bits per heavy atom. The minimum Gasteiger partial charge on any atom is -0.489 e. The van der Waals surface area contributed by atoms with E-state index in [4.69, 9.17) is 16.3 Å². The molecule has 0 bridgehead atoms. The van der Waals surface area contributed by atoms with Gasteiger partial charge in [-0.15, -0.1) is 22.9 Å². The molecule has 4 rings (SSSR count). The second kappa shape index (κ2) is 8.79. The number of thiazole rings is 1. The second-order valence-electron chi connectivity index (χ2n) is 6.60. The minimum atomic E-state index is -0.281. The van der Waals surface area contributed by atoms with Crippen LogP contribution in [-0.4, -0.2) is 38.6 Å². The van der Waals surface area contributed by atoms with Gasteiger partial charge in [-0.1, -0.05) is 15.9 Å². The summed E-state index contributed by atoms with van der Waals surface area (Å²) in [6.07, 6.45) is 1.24. The molecule has 0 radical (unpaired) electrons. The van der Waals surface area contributed by atoms with Crippen molar-refractivity contribution in [3.63, 3.8) is 0 Å². The standard InChI is InChI=1S/C20H18BrClN4O2S/c1-11(12(7-22)8-27)28-17-5-13(21)4-16-19(17)20(24-9-23-16)26-14-2-3-15-18(6-14)29-10-25-15/h2-6,9-12,27H,7-8H2,1H3,(H,23,24,26)/t11-,12?/m1/s1. The molecule has 0 aliphatic heterocycles. The molecule has 0 spiro atoms. The van der Waals surface area contributed by atoms with Crippen molar-refractivity contribution < 1.29 is 9.84 Å². The summed E-state index contributed by atoms with van der Waals surface area (Å²) in [6.45, 7) is 1.84. The van der Waals surface area contributed by atoms with Crippen LogP contribution < -0.4 is 10.1 Å². The zero-order valence-corrected chi connectivity index (χ0v) is 18.6. The number of halogens is 2. The Bertz CT molecular complexity index is 1150. The number of ether oxygens (including phenoxy) is 1. The molecular weight excluding hydrogens is 476 g/mol. The quantitative estimate of drug-likeness (QED) is 0.337. The first kappa shape index (κ1) is 20.3. The van der Waals surface area contributed by atoms with E-state index in [-0.39, 0.29) is 18.6 Å². The number of anilines is 2. The summed E-state index contributed by atoms with van der Waals surface area (Å²) < 4.78 is 8.12. The molecule has 2 N–H and O–H groups in total. The average molecular weight is 494 g/mol. The molecule has 0 aliphatic rings. The molecule has 0 saturated heterocycles. The SMILES string of the molecule is C[C@@H](Oc1cc(Br)cc2ncnc(Nc3ccc4ncsc4c3)c12)C(CO)CCl. The van der Waals surface area contributed by atoms with E-state index in [1.54, 1.807) is 11.3 Å². The van der Waals surface area contributed by atoms with Gasteiger partial charge in [0.15, 0.2) is 0 Å². The van der Waals surface area contributed by atoms with E-state index in [1.807, 2.05) is 42.8 Å². The zero-order valence-electron chi connectivity index (χ0n) is 15.5. The van der Waals surface area contributed by atoms with Gasteiger partial charge in [0.2, 0.25) is 0 Å². The van der Waals surface area contributed by atoms with E-state index < -0.39 is 0 Å². The molecule has 4 aromatic rings. The first-order chi connectivity index (χ1) is 14.1. The number of hydrogen-bond donors (Lipinski definition) is 2. The van der Waals surface area contributed by atoms with Crippen molar-refractivity contribution in [3.8, 4) is 5.75 Å². The van der Waals surface area contributed by atoms with Crippen LogP contribution in [0, 0.1) is 5.92 Å². The Balaban J connectivity index is 1.75. The van der Waals surface area contributed by atoms with Gasteiger partial charge in [0, 0.05) is 22.0 Å². The maximum Gasteiger partial charge on any atom is 0.145 e. The number of aliphatic hydroxyl groups excluding tert-OH is 1. The lowest BCUT2D eigenvalue weighted by Crippen LogP contribution is -2.28. The number of nitrogens with one attached hydrogen (secondary N) is 1. The molecule has 6 nitrogen and oxygen atoms in total. The van der Waals surface area contributed by atoms with E-state index in [9.17, 15) is 5.11 Å². The van der Waals surface area contributed by atoms with Crippen LogP contribution in [0.15, 0.2) is 46.6 Å². The van der Waals surface area contributed by atoms with Gasteiger partial charge < -0.3 is 15.2 Å². The van der Waals surface area contributed by atoms with Gasteiger partial charge in [-0.2, -0.15) is 0 Å². The molecule has 2 aromatic carbocycles. The number of benzene rings is 2. The Labute approximate surface area is 185 Å². The number of rotatable bonds is 7. The first-order valence-electron chi connectivity index (χ1n) is 8.97. The Kier molecular flexibility index (Phi) is 6.15. The molecule has 0 aliphatic carbocycles. The number of fused-ring (bicyclic) bond motifs is 2. The van der Waals surface area contributed by atoms with Gasteiger partial charge in [0.25, 0.3) is 0 Å². The molecule has 0 amide bonds. The van der Waals surface area contributed by atoms with Gasteiger partial charge in [0.05, 0.1) is 33.2 Å². The van der Waals surface area contributed by atoms with Crippen LogP contribution in [0.2, 0.25) is 0 Å². The van der Waals surface area contributed by atoms with Crippen molar-refractivity contribution in [2.45, 2.75) is 13.0 Å². The summed E-state index contributed by atoms with van der Waals surface area (Å²) in [4.78, 5) is 13.2. The van der Waals surface area contributed by atoms with Gasteiger partial charge >= 0.3 is 0 Å². The molecule has 150 valence electrons. The molecule has 1 unspecified atom stereocenters. The third-order valence-corrected chi connectivity index (χ3v) is 6.32. The summed E-state index contributed by atoms with van der Waals surface area (Å²) in [6, 6.07) is 9.77. The number of aliphatic hydroxyl groups is 1. The van der Waals surface area contributed by atoms with Crippen molar-refractivity contribution in [2.24, 2.45) is 5.92 Å². The maximum atomic E-state index is 9.55. The highest BCUT2D eigenvalue weighted by Crippen LogP contribution is 2.36. The third kappa shape index (κ3) is 4.30. The lowest BCUT2D eigenvalue weighted by atomic mass is 10.1. The van der Waals surface area contributed by atoms with Crippen molar-refractivity contribution in [1.29, 1.82) is 0 Å². The van der Waals surface area contributed by atoms with E-state index >= 15 is 0 Å². The smallest absolute Gasteiger partial charge is 0.145 e. The van der Waals surface area contributed by atoms with Crippen LogP contribution in [0.1, 0.15) is 6.92 Å². The molecular formula is C20H18BrClN4O2S. The fourth-order valence-corrected chi connectivity index (χ4v) is 4.49. The zero-order chi connectivity index (χ0) is 20.4. The predicted molar refractivity (Wildman–Crippen MR) is 122 cm³/mol. The summed E-state index contributed by atoms with van der Waals surface area (Å²) in [5.74, 6) is 1.38. The van der Waals surface area contributed by atoms with E-state index in [1.165, 1.54) is 6.33 Å². The minimum absolute atomic E-state index is 0.0485. The van der Waals surface area contributed by atoms with Crippen molar-refractivity contribution in [1.82, 2.24) is 15.0 Å². The number of hydrogen-bond acceptors (Lipinski definition) is 7. The van der Waals surface area contributed by atoms with Crippen molar-refractivity contribution in [3.05, 3.63) is 46.6 Å². The number of aromatic nitrogens is 3. The van der Waals surface area contributed by atoms with E-state index in [0.29, 0.717) is 17.4 Å². The van der Waals surface area contributed by atoms with Gasteiger partial charge in [-0.3, -0.25) is 0 Å². The van der Waals surface area contributed by atoms with Crippen LogP contribution in [0.4, 0.5) is 11.5 Å². The van der Waals surface area contributed by atoms with E-state index in [2.05, 4.69) is 36.2 Å². The third-order valence-electron chi connectivity index (χ3n) is 4.67. The van der Waals surface area contributed by atoms with Crippen LogP contribution in [-0.2, 0) is 0 Å². The molecule has 2 atom stereocenters. The van der Waals surface area contributed by atoms with Crippen molar-refractivity contribution >= 4 is 71.5 Å². The second-order valence-corrected chi connectivity index (χ2v) is 8.71. The van der Waals surface area contributed by atoms with Crippen LogP contribution in [0.5, 0.6) is 5.75 Å². The number of nitrogens with zero attached hydrogens (tertiary/aromatic N) is 3. The van der Waals surface area contributed by atoms with Crippen LogP contribution >= 0.6 is 38.9 Å². The Hall–Kier alpha value is -2.00. The highest BCUT2D eigenvalue weighted by Gasteiger charge is 2.20. The molecule has 2 heterocycles. The normalized spacial score (nSPS) is 13.5. The molecule has 0 fully saturated rings. The summed E-state index contributed by atoms with van der Waals surface area (Å²) in [5.41, 5.74) is 4.43. The number of alkyl halides is 1. The predicted octanol–water partition coefficient (Wildman–Crippen LogP) is 5.36. The fraction of sp³-hybridized carbons (Fsp3) is 0.250. The summed E-state index contributed by atoms with van der Waals surface area (Å²) in [5, 5.41) is 13.7. The van der Waals surface area contributed by atoms with Crippen LogP contribution in [0.3, 0.4) is 0 Å². The van der Waals surface area contributed by atoms with Crippen molar-refractivity contribution in [2.75, 3.05) is 17.8 Å². The van der Waals surface area contributed by atoms with Crippen LogP contribution in [0.25, 0.3) is 21.1 Å². The topological polar surface area (TPSA) is 80.2 Å². The highest BCUT2D eigenvalue weighted by molar-refractivity contribution is 9.10. The Morgan fingerprint density at radius 3 is 2.86 bits per heavy atom.